The fourth-order valence-electron chi connectivity index (χ4n) is 4.51. The minimum absolute atomic E-state index is 0.0183. The number of aromatic nitrogens is 2. The van der Waals surface area contributed by atoms with E-state index in [1.165, 1.54) is 16.9 Å². The van der Waals surface area contributed by atoms with Gasteiger partial charge in [-0.1, -0.05) is 35.1 Å². The van der Waals surface area contributed by atoms with Crippen molar-refractivity contribution >= 4 is 44.9 Å². The molecular formula is C25H25ClN4O2S. The number of nitrogens with zero attached hydrogens (tertiary/aromatic N) is 3. The normalized spacial score (nSPS) is 15.5. The number of aryl methyl sites for hydroxylation is 1. The van der Waals surface area contributed by atoms with Crippen LogP contribution in [0.3, 0.4) is 0 Å². The predicted molar refractivity (Wildman–Crippen MR) is 134 cm³/mol. The Labute approximate surface area is 201 Å². The maximum atomic E-state index is 12.7. The lowest BCUT2D eigenvalue weighted by Crippen LogP contribution is -2.36. The second-order valence-electron chi connectivity index (χ2n) is 8.44. The van der Waals surface area contributed by atoms with Gasteiger partial charge in [0.15, 0.2) is 5.13 Å². The lowest BCUT2D eigenvalue weighted by atomic mass is 9.92. The van der Waals surface area contributed by atoms with Gasteiger partial charge in [-0.25, -0.2) is 4.98 Å². The second-order valence-corrected chi connectivity index (χ2v) is 9.85. The van der Waals surface area contributed by atoms with Crippen LogP contribution >= 0.6 is 22.9 Å². The van der Waals surface area contributed by atoms with E-state index in [4.69, 9.17) is 21.3 Å². The van der Waals surface area contributed by atoms with Gasteiger partial charge in [0.05, 0.1) is 18.8 Å². The van der Waals surface area contributed by atoms with Gasteiger partial charge >= 0.3 is 0 Å². The van der Waals surface area contributed by atoms with Crippen molar-refractivity contribution in [1.82, 2.24) is 14.9 Å². The van der Waals surface area contributed by atoms with E-state index in [2.05, 4.69) is 22.0 Å². The van der Waals surface area contributed by atoms with Crippen molar-refractivity contribution in [1.29, 1.82) is 0 Å². The van der Waals surface area contributed by atoms with E-state index in [0.29, 0.717) is 4.88 Å². The largest absolute Gasteiger partial charge is 0.497 e. The number of H-pyrrole nitrogens is 1. The van der Waals surface area contributed by atoms with Crippen molar-refractivity contribution in [3.8, 4) is 5.75 Å². The molecule has 0 aliphatic carbocycles. The molecule has 0 fully saturated rings. The van der Waals surface area contributed by atoms with Crippen molar-refractivity contribution < 1.29 is 9.53 Å². The third-order valence-electron chi connectivity index (χ3n) is 6.15. The summed E-state index contributed by atoms with van der Waals surface area (Å²) in [7, 11) is 5.21. The number of nitrogens with one attached hydrogen (secondary N) is 1. The summed E-state index contributed by atoms with van der Waals surface area (Å²) >= 11 is 7.78. The quantitative estimate of drug-likeness (QED) is 0.422. The molecule has 33 heavy (non-hydrogen) atoms. The van der Waals surface area contributed by atoms with E-state index in [-0.39, 0.29) is 11.9 Å². The summed E-state index contributed by atoms with van der Waals surface area (Å²) in [5.74, 6) is 0.795. The standard InChI is InChI=1S/C25H25ClN4O2S/c1-14-23(24(31)29(2)3)33-25(27-14)30-12-11-18-19-13-16(26)7-10-20(19)28-21(18)22(30)15-5-8-17(32-4)9-6-15/h5-10,13,22,28H,11-12H2,1-4H3. The van der Waals surface area contributed by atoms with Crippen LogP contribution in [0.1, 0.15) is 38.2 Å². The Morgan fingerprint density at radius 3 is 2.70 bits per heavy atom. The lowest BCUT2D eigenvalue weighted by Gasteiger charge is -2.36. The number of aromatic amines is 1. The van der Waals surface area contributed by atoms with Crippen LogP contribution < -0.4 is 9.64 Å². The van der Waals surface area contributed by atoms with Crippen molar-refractivity contribution in [2.24, 2.45) is 0 Å². The highest BCUT2D eigenvalue weighted by Crippen LogP contribution is 2.43. The summed E-state index contributed by atoms with van der Waals surface area (Å²) in [5, 5.41) is 2.74. The van der Waals surface area contributed by atoms with Gasteiger partial charge in [-0.15, -0.1) is 0 Å². The first kappa shape index (κ1) is 21.8. The molecule has 1 aliphatic rings. The molecule has 0 saturated heterocycles. The minimum atomic E-state index is -0.0707. The van der Waals surface area contributed by atoms with E-state index < -0.39 is 0 Å². The lowest BCUT2D eigenvalue weighted by molar-refractivity contribution is 0.0831. The SMILES string of the molecule is COc1ccc(C2c3[nH]c4ccc(Cl)cc4c3CCN2c2nc(C)c(C(=O)N(C)C)s2)cc1. The van der Waals surface area contributed by atoms with Gasteiger partial charge in [0.25, 0.3) is 5.91 Å². The number of fused-ring (bicyclic) bond motifs is 3. The van der Waals surface area contributed by atoms with Crippen LogP contribution in [0.5, 0.6) is 5.75 Å². The molecule has 1 aliphatic heterocycles. The molecule has 1 atom stereocenters. The summed E-state index contributed by atoms with van der Waals surface area (Å²) in [5.41, 5.74) is 5.38. The van der Waals surface area contributed by atoms with Crippen LogP contribution in [0.4, 0.5) is 5.13 Å². The zero-order valence-electron chi connectivity index (χ0n) is 19.0. The fourth-order valence-corrected chi connectivity index (χ4v) is 5.82. The molecule has 0 saturated carbocycles. The predicted octanol–water partition coefficient (Wildman–Crippen LogP) is 5.45. The maximum Gasteiger partial charge on any atom is 0.265 e. The van der Waals surface area contributed by atoms with Gasteiger partial charge in [0, 0.05) is 42.3 Å². The Balaban J connectivity index is 1.66. The molecule has 6 nitrogen and oxygen atoms in total. The molecule has 1 unspecified atom stereocenters. The number of hydrogen-bond acceptors (Lipinski definition) is 5. The van der Waals surface area contributed by atoms with Crippen LogP contribution in [0.15, 0.2) is 42.5 Å². The molecule has 1 N–H and O–H groups in total. The van der Waals surface area contributed by atoms with Crippen molar-refractivity contribution in [3.05, 3.63) is 74.9 Å². The number of thiazole rings is 1. The number of anilines is 1. The van der Waals surface area contributed by atoms with E-state index in [1.54, 1.807) is 26.1 Å². The zero-order valence-corrected chi connectivity index (χ0v) is 20.5. The monoisotopic (exact) mass is 480 g/mol. The molecule has 2 aromatic heterocycles. The zero-order chi connectivity index (χ0) is 23.3. The number of methoxy groups -OCH3 is 1. The Hall–Kier alpha value is -3.03. The molecule has 8 heteroatoms. The number of ether oxygens (including phenoxy) is 1. The minimum Gasteiger partial charge on any atom is -0.497 e. The van der Waals surface area contributed by atoms with Crippen molar-refractivity contribution in [2.45, 2.75) is 19.4 Å². The molecule has 3 heterocycles. The highest BCUT2D eigenvalue weighted by atomic mass is 35.5. The Morgan fingerprint density at radius 1 is 1.24 bits per heavy atom. The summed E-state index contributed by atoms with van der Waals surface area (Å²) in [4.78, 5) is 25.7. The summed E-state index contributed by atoms with van der Waals surface area (Å²) in [6.45, 7) is 2.69. The number of benzene rings is 2. The van der Waals surface area contributed by atoms with Crippen molar-refractivity contribution in [2.75, 3.05) is 32.6 Å². The molecule has 0 bridgehead atoms. The Kier molecular flexibility index (Phi) is 5.54. The average molecular weight is 481 g/mol. The number of amides is 1. The van der Waals surface area contributed by atoms with Crippen LogP contribution in [0.2, 0.25) is 5.02 Å². The molecule has 4 aromatic rings. The number of carbonyl (C=O) groups is 1. The molecule has 1 amide bonds. The van der Waals surface area contributed by atoms with E-state index in [1.807, 2.05) is 37.3 Å². The molecule has 2 aromatic carbocycles. The van der Waals surface area contributed by atoms with Gasteiger partial charge in [-0.3, -0.25) is 4.79 Å². The van der Waals surface area contributed by atoms with Gasteiger partial charge in [0.1, 0.15) is 10.6 Å². The van der Waals surface area contributed by atoms with Gasteiger partial charge < -0.3 is 19.5 Å². The fraction of sp³-hybridized carbons (Fsp3) is 0.280. The van der Waals surface area contributed by atoms with E-state index in [9.17, 15) is 4.79 Å². The van der Waals surface area contributed by atoms with Gasteiger partial charge in [0.2, 0.25) is 0 Å². The maximum absolute atomic E-state index is 12.7. The Morgan fingerprint density at radius 2 is 2.00 bits per heavy atom. The van der Waals surface area contributed by atoms with Crippen LogP contribution in [0, 0.1) is 6.92 Å². The Bertz CT molecular complexity index is 1340. The molecule has 170 valence electrons. The van der Waals surface area contributed by atoms with Gasteiger partial charge in [-0.05, 0) is 54.8 Å². The first-order valence-corrected chi connectivity index (χ1v) is 12.0. The van der Waals surface area contributed by atoms with Gasteiger partial charge in [-0.2, -0.15) is 0 Å². The number of rotatable bonds is 4. The average Bonchev–Trinajstić information content (AvgIpc) is 3.38. The topological polar surface area (TPSA) is 61.5 Å². The van der Waals surface area contributed by atoms with E-state index >= 15 is 0 Å². The molecule has 0 radical (unpaired) electrons. The van der Waals surface area contributed by atoms with Crippen LogP contribution in [-0.2, 0) is 6.42 Å². The highest BCUT2D eigenvalue weighted by Gasteiger charge is 2.34. The van der Waals surface area contributed by atoms with E-state index in [0.717, 1.165) is 56.7 Å². The number of halogens is 1. The molecular weight excluding hydrogens is 456 g/mol. The molecule has 5 rings (SSSR count). The summed E-state index contributed by atoms with van der Waals surface area (Å²) in [6, 6.07) is 14.1. The first-order valence-electron chi connectivity index (χ1n) is 10.8. The highest BCUT2D eigenvalue weighted by molar-refractivity contribution is 7.17. The van der Waals surface area contributed by atoms with Crippen LogP contribution in [0.25, 0.3) is 10.9 Å². The first-order chi connectivity index (χ1) is 15.9. The number of carbonyl (C=O) groups excluding carboxylic acids is 1. The summed E-state index contributed by atoms with van der Waals surface area (Å²) < 4.78 is 5.38. The van der Waals surface area contributed by atoms with Crippen LogP contribution in [-0.4, -0.2) is 48.5 Å². The second kappa shape index (κ2) is 8.39. The third-order valence-corrected chi connectivity index (χ3v) is 7.57. The van der Waals surface area contributed by atoms with Crippen molar-refractivity contribution in [3.63, 3.8) is 0 Å². The number of hydrogen-bond donors (Lipinski definition) is 1. The molecule has 0 spiro atoms. The third kappa shape index (κ3) is 3.75. The summed E-state index contributed by atoms with van der Waals surface area (Å²) in [6.07, 6.45) is 0.859. The smallest absolute Gasteiger partial charge is 0.265 e.